The Kier molecular flexibility index (Phi) is 5.08. The molecule has 1 aliphatic rings. The molecule has 1 aliphatic heterocycles. The van der Waals surface area contributed by atoms with E-state index in [2.05, 4.69) is 14.9 Å². The Balaban J connectivity index is 2.28. The number of hydrogen-bond donors (Lipinski definition) is 1. The van der Waals surface area contributed by atoms with E-state index >= 15 is 0 Å². The van der Waals surface area contributed by atoms with Crippen LogP contribution in [-0.2, 0) is 9.47 Å². The van der Waals surface area contributed by atoms with Gasteiger partial charge in [-0.15, -0.1) is 0 Å². The average Bonchev–Trinajstić information content (AvgIpc) is 2.52. The molecule has 1 aromatic heterocycles. The van der Waals surface area contributed by atoms with Gasteiger partial charge < -0.3 is 20.1 Å². The van der Waals surface area contributed by atoms with E-state index in [9.17, 15) is 4.79 Å². The number of carbonyl (C=O) groups excluding carboxylic acids is 1. The predicted molar refractivity (Wildman–Crippen MR) is 78.3 cm³/mol. The van der Waals surface area contributed by atoms with Crippen LogP contribution in [0.15, 0.2) is 6.07 Å². The molecule has 1 fully saturated rings. The smallest absolute Gasteiger partial charge is 0.376 e. The lowest BCUT2D eigenvalue weighted by Gasteiger charge is -2.39. The van der Waals surface area contributed by atoms with Crippen molar-refractivity contribution in [3.8, 4) is 0 Å². The van der Waals surface area contributed by atoms with Gasteiger partial charge in [0.1, 0.15) is 5.82 Å². The Hall–Kier alpha value is -1.73. The van der Waals surface area contributed by atoms with E-state index in [1.807, 2.05) is 13.0 Å². The number of aryl methyl sites for hydroxylation is 1. The van der Waals surface area contributed by atoms with E-state index in [1.54, 1.807) is 7.11 Å². The van der Waals surface area contributed by atoms with Crippen molar-refractivity contribution in [2.24, 2.45) is 5.73 Å². The summed E-state index contributed by atoms with van der Waals surface area (Å²) in [5.74, 6) is 0.265. The number of nitrogens with zero attached hydrogens (tertiary/aromatic N) is 3. The van der Waals surface area contributed by atoms with Crippen molar-refractivity contribution in [3.63, 3.8) is 0 Å². The second-order valence-corrected chi connectivity index (χ2v) is 5.15. The maximum absolute atomic E-state index is 11.6. The number of ether oxygens (including phenoxy) is 2. The number of carbonyl (C=O) groups is 1. The van der Waals surface area contributed by atoms with Crippen LogP contribution in [0.25, 0.3) is 0 Å². The molecule has 1 saturated heterocycles. The fraction of sp³-hybridized carbons (Fsp3) is 0.643. The first kappa shape index (κ1) is 15.7. The van der Waals surface area contributed by atoms with Crippen LogP contribution in [0.3, 0.4) is 0 Å². The number of anilines is 1. The molecule has 2 rings (SSSR count). The predicted octanol–water partition coefficient (Wildman–Crippen LogP) is 0.514. The number of aromatic nitrogens is 2. The normalized spacial score (nSPS) is 22.2. The van der Waals surface area contributed by atoms with Crippen LogP contribution in [0.5, 0.6) is 0 Å². The van der Waals surface area contributed by atoms with Gasteiger partial charge >= 0.3 is 5.97 Å². The summed E-state index contributed by atoms with van der Waals surface area (Å²) in [4.78, 5) is 22.2. The molecule has 116 valence electrons. The maximum atomic E-state index is 11.6. The molecule has 2 N–H and O–H groups in total. The third kappa shape index (κ3) is 3.48. The quantitative estimate of drug-likeness (QED) is 0.809. The van der Waals surface area contributed by atoms with Gasteiger partial charge in [-0.25, -0.2) is 14.8 Å². The molecule has 1 aromatic rings. The highest BCUT2D eigenvalue weighted by Crippen LogP contribution is 2.25. The summed E-state index contributed by atoms with van der Waals surface area (Å²) in [6.45, 7) is 3.13. The van der Waals surface area contributed by atoms with E-state index in [4.69, 9.17) is 15.2 Å². The summed E-state index contributed by atoms with van der Waals surface area (Å²) < 4.78 is 10.1. The van der Waals surface area contributed by atoms with Gasteiger partial charge in [0.2, 0.25) is 5.82 Å². The summed E-state index contributed by atoms with van der Waals surface area (Å²) in [5, 5.41) is 0. The van der Waals surface area contributed by atoms with Crippen LogP contribution in [0, 0.1) is 6.92 Å². The van der Waals surface area contributed by atoms with Gasteiger partial charge in [0.25, 0.3) is 0 Å². The number of hydrogen-bond acceptors (Lipinski definition) is 7. The van der Waals surface area contributed by atoms with E-state index in [1.165, 1.54) is 7.11 Å². The minimum Gasteiger partial charge on any atom is -0.463 e. The van der Waals surface area contributed by atoms with Gasteiger partial charge in [0.05, 0.1) is 13.2 Å². The van der Waals surface area contributed by atoms with Crippen LogP contribution in [0.1, 0.15) is 29.2 Å². The summed E-state index contributed by atoms with van der Waals surface area (Å²) in [6.07, 6.45) is 1.98. The maximum Gasteiger partial charge on any atom is 0.376 e. The summed E-state index contributed by atoms with van der Waals surface area (Å²) in [5.41, 5.74) is 6.60. The zero-order valence-electron chi connectivity index (χ0n) is 12.7. The topological polar surface area (TPSA) is 90.6 Å². The second-order valence-electron chi connectivity index (χ2n) is 5.15. The van der Waals surface area contributed by atoms with E-state index in [0.29, 0.717) is 12.4 Å². The van der Waals surface area contributed by atoms with Crippen molar-refractivity contribution in [2.75, 3.05) is 32.2 Å². The number of nitrogens with two attached hydrogens (primary N) is 1. The first-order chi connectivity index (χ1) is 10.1. The van der Waals surface area contributed by atoms with E-state index in [-0.39, 0.29) is 18.0 Å². The first-order valence-corrected chi connectivity index (χ1v) is 7.02. The molecule has 7 heteroatoms. The summed E-state index contributed by atoms with van der Waals surface area (Å²) >= 11 is 0. The molecule has 0 bridgehead atoms. The molecule has 0 spiro atoms. The summed E-state index contributed by atoms with van der Waals surface area (Å²) in [7, 11) is 3.04. The molecule has 0 amide bonds. The minimum atomic E-state index is -0.531. The fourth-order valence-corrected chi connectivity index (χ4v) is 2.63. The SMILES string of the molecule is COC(=O)c1nc(C)cc(N2CCC(OC)CC2CN)n1. The number of rotatable bonds is 4. The van der Waals surface area contributed by atoms with Crippen molar-refractivity contribution in [3.05, 3.63) is 17.6 Å². The monoisotopic (exact) mass is 294 g/mol. The van der Waals surface area contributed by atoms with Crippen molar-refractivity contribution in [2.45, 2.75) is 31.9 Å². The standard InChI is InChI=1S/C14H22N4O3/c1-9-6-12(17-13(16-9)14(19)21-3)18-5-4-11(20-2)7-10(18)8-15/h6,10-11H,4-5,7-8,15H2,1-3H3. The van der Waals surface area contributed by atoms with Crippen LogP contribution in [0.4, 0.5) is 5.82 Å². The highest BCUT2D eigenvalue weighted by atomic mass is 16.5. The van der Waals surface area contributed by atoms with E-state index < -0.39 is 5.97 Å². The highest BCUT2D eigenvalue weighted by Gasteiger charge is 2.29. The first-order valence-electron chi connectivity index (χ1n) is 7.02. The van der Waals surface area contributed by atoms with Crippen molar-refractivity contribution in [1.82, 2.24) is 9.97 Å². The Bertz CT molecular complexity index is 509. The molecular weight excluding hydrogens is 272 g/mol. The molecule has 2 unspecified atom stereocenters. The van der Waals surface area contributed by atoms with Gasteiger partial charge in [0, 0.05) is 38.0 Å². The zero-order valence-corrected chi connectivity index (χ0v) is 12.7. The number of methoxy groups -OCH3 is 2. The van der Waals surface area contributed by atoms with E-state index in [0.717, 1.165) is 25.1 Å². The second kappa shape index (κ2) is 6.82. The lowest BCUT2D eigenvalue weighted by molar-refractivity contribution is 0.0585. The number of piperidine rings is 1. The molecule has 2 atom stereocenters. The van der Waals surface area contributed by atoms with Gasteiger partial charge in [-0.1, -0.05) is 0 Å². The Labute approximate surface area is 124 Å². The highest BCUT2D eigenvalue weighted by molar-refractivity contribution is 5.85. The molecule has 0 aliphatic carbocycles. The zero-order chi connectivity index (χ0) is 15.4. The van der Waals surface area contributed by atoms with Crippen LogP contribution >= 0.6 is 0 Å². The van der Waals surface area contributed by atoms with Gasteiger partial charge in [-0.2, -0.15) is 0 Å². The van der Waals surface area contributed by atoms with Gasteiger partial charge in [0.15, 0.2) is 0 Å². The number of esters is 1. The fourth-order valence-electron chi connectivity index (χ4n) is 2.63. The summed E-state index contributed by atoms with van der Waals surface area (Å²) in [6, 6.07) is 2.01. The lowest BCUT2D eigenvalue weighted by Crippen LogP contribution is -2.49. The Morgan fingerprint density at radius 3 is 2.86 bits per heavy atom. The van der Waals surface area contributed by atoms with Crippen LogP contribution < -0.4 is 10.6 Å². The molecule has 7 nitrogen and oxygen atoms in total. The van der Waals surface area contributed by atoms with Crippen LogP contribution in [0.2, 0.25) is 0 Å². The molecule has 0 aromatic carbocycles. The Morgan fingerprint density at radius 2 is 2.24 bits per heavy atom. The van der Waals surface area contributed by atoms with Gasteiger partial charge in [-0.05, 0) is 19.8 Å². The van der Waals surface area contributed by atoms with Crippen molar-refractivity contribution in [1.29, 1.82) is 0 Å². The molecule has 0 radical (unpaired) electrons. The van der Waals surface area contributed by atoms with Crippen molar-refractivity contribution < 1.29 is 14.3 Å². The third-order valence-corrected chi connectivity index (χ3v) is 3.78. The molecular formula is C14H22N4O3. The molecule has 0 saturated carbocycles. The lowest BCUT2D eigenvalue weighted by atomic mass is 9.99. The third-order valence-electron chi connectivity index (χ3n) is 3.78. The molecule has 2 heterocycles. The molecule has 21 heavy (non-hydrogen) atoms. The van der Waals surface area contributed by atoms with Crippen molar-refractivity contribution >= 4 is 11.8 Å². The minimum absolute atomic E-state index is 0.0807. The largest absolute Gasteiger partial charge is 0.463 e. The van der Waals surface area contributed by atoms with Gasteiger partial charge in [-0.3, -0.25) is 0 Å². The Morgan fingerprint density at radius 1 is 1.48 bits per heavy atom. The van der Waals surface area contributed by atoms with Crippen LogP contribution in [-0.4, -0.2) is 55.4 Å². The average molecular weight is 294 g/mol.